The van der Waals surface area contributed by atoms with Gasteiger partial charge in [-0.25, -0.2) is 9.97 Å². The Morgan fingerprint density at radius 3 is 2.92 bits per heavy atom. The largest absolute Gasteiger partial charge is 0.391 e. The highest BCUT2D eigenvalue weighted by molar-refractivity contribution is 5.91. The molecule has 7 nitrogen and oxygen atoms in total. The Hall–Kier alpha value is -2.15. The molecular weight excluding hydrogens is 306 g/mol. The predicted octanol–water partition coefficient (Wildman–Crippen LogP) is 0.988. The molecule has 0 bridgehead atoms. The maximum Gasteiger partial charge on any atom is 0.226 e. The number of β-amino-alcohol motifs (C(OH)–C–C–N with tert-alkyl or cyclic N) is 1. The van der Waals surface area contributed by atoms with Crippen LogP contribution in [0, 0.1) is 5.41 Å². The van der Waals surface area contributed by atoms with E-state index in [9.17, 15) is 9.90 Å². The molecule has 7 heteroatoms. The van der Waals surface area contributed by atoms with Crippen LogP contribution in [-0.4, -0.2) is 51.7 Å². The minimum Gasteiger partial charge on any atom is -0.391 e. The van der Waals surface area contributed by atoms with Gasteiger partial charge in [-0.3, -0.25) is 4.79 Å². The average Bonchev–Trinajstić information content (AvgIpc) is 3.03. The van der Waals surface area contributed by atoms with Crippen LogP contribution < -0.4 is 10.2 Å². The molecule has 4 rings (SSSR count). The summed E-state index contributed by atoms with van der Waals surface area (Å²) in [6.45, 7) is 4.03. The fourth-order valence-corrected chi connectivity index (χ4v) is 4.12. The minimum atomic E-state index is -0.434. The third-order valence-electron chi connectivity index (χ3n) is 5.54. The molecule has 0 saturated carbocycles. The van der Waals surface area contributed by atoms with Crippen molar-refractivity contribution in [2.24, 2.45) is 5.41 Å². The molecule has 2 aliphatic rings. The first-order valence-electron chi connectivity index (χ1n) is 8.65. The lowest BCUT2D eigenvalue weighted by molar-refractivity contribution is -0.138. The van der Waals surface area contributed by atoms with Crippen molar-refractivity contribution >= 4 is 22.8 Å². The lowest BCUT2D eigenvalue weighted by Crippen LogP contribution is -2.56. The first-order valence-corrected chi connectivity index (χ1v) is 8.65. The second kappa shape index (κ2) is 5.73. The van der Waals surface area contributed by atoms with E-state index in [-0.39, 0.29) is 5.91 Å². The van der Waals surface area contributed by atoms with Gasteiger partial charge in [0.1, 0.15) is 17.8 Å². The van der Waals surface area contributed by atoms with E-state index in [1.807, 2.05) is 6.20 Å². The van der Waals surface area contributed by atoms with Crippen molar-refractivity contribution in [3.05, 3.63) is 18.1 Å². The number of amides is 1. The molecule has 0 aromatic carbocycles. The number of piperidine rings is 2. The molecule has 24 heavy (non-hydrogen) atoms. The zero-order chi connectivity index (χ0) is 16.7. The number of fused-ring (bicyclic) bond motifs is 1. The zero-order valence-electron chi connectivity index (χ0n) is 13.9. The van der Waals surface area contributed by atoms with E-state index in [1.54, 1.807) is 6.33 Å². The van der Waals surface area contributed by atoms with Crippen molar-refractivity contribution in [2.75, 3.05) is 24.5 Å². The Morgan fingerprint density at radius 2 is 2.17 bits per heavy atom. The Balaban J connectivity index is 1.60. The Morgan fingerprint density at radius 1 is 1.38 bits per heavy atom. The third-order valence-corrected chi connectivity index (χ3v) is 5.54. The number of aromatic nitrogens is 3. The molecule has 2 saturated heterocycles. The SMILES string of the molecule is CCc1c[nH]c2ncnc(N3CCC4(CC3)CC(O)CNC4=O)c12. The second-order valence-corrected chi connectivity index (χ2v) is 6.92. The van der Waals surface area contributed by atoms with Crippen LogP contribution in [0.2, 0.25) is 0 Å². The maximum absolute atomic E-state index is 12.4. The number of hydrogen-bond donors (Lipinski definition) is 3. The molecule has 4 heterocycles. The molecular formula is C17H23N5O2. The number of aliphatic hydroxyl groups excluding tert-OH is 1. The predicted molar refractivity (Wildman–Crippen MR) is 90.8 cm³/mol. The number of anilines is 1. The summed E-state index contributed by atoms with van der Waals surface area (Å²) in [5.74, 6) is 1.04. The Kier molecular flexibility index (Phi) is 3.68. The molecule has 0 aliphatic carbocycles. The summed E-state index contributed by atoms with van der Waals surface area (Å²) in [7, 11) is 0. The molecule has 0 radical (unpaired) electrons. The molecule has 1 unspecified atom stereocenters. The van der Waals surface area contributed by atoms with E-state index in [2.05, 4.69) is 32.1 Å². The van der Waals surface area contributed by atoms with Crippen LogP contribution in [0.25, 0.3) is 11.0 Å². The van der Waals surface area contributed by atoms with E-state index in [1.165, 1.54) is 5.56 Å². The van der Waals surface area contributed by atoms with Gasteiger partial charge in [0.15, 0.2) is 0 Å². The van der Waals surface area contributed by atoms with Gasteiger partial charge in [-0.05, 0) is 31.2 Å². The summed E-state index contributed by atoms with van der Waals surface area (Å²) < 4.78 is 0. The van der Waals surface area contributed by atoms with Crippen molar-refractivity contribution in [2.45, 2.75) is 38.7 Å². The number of carbonyl (C=O) groups excluding carboxylic acids is 1. The van der Waals surface area contributed by atoms with E-state index in [0.717, 1.165) is 49.2 Å². The van der Waals surface area contributed by atoms with E-state index in [0.29, 0.717) is 13.0 Å². The van der Waals surface area contributed by atoms with Gasteiger partial charge < -0.3 is 20.3 Å². The number of nitrogens with one attached hydrogen (secondary N) is 2. The van der Waals surface area contributed by atoms with Gasteiger partial charge >= 0.3 is 0 Å². The molecule has 1 spiro atoms. The molecule has 2 aromatic heterocycles. The van der Waals surface area contributed by atoms with Crippen molar-refractivity contribution < 1.29 is 9.90 Å². The fraction of sp³-hybridized carbons (Fsp3) is 0.588. The van der Waals surface area contributed by atoms with Crippen LogP contribution in [0.15, 0.2) is 12.5 Å². The summed E-state index contributed by atoms with van der Waals surface area (Å²) in [5, 5.41) is 13.9. The molecule has 2 aromatic rings. The minimum absolute atomic E-state index is 0.0937. The number of rotatable bonds is 2. The fourth-order valence-electron chi connectivity index (χ4n) is 4.12. The van der Waals surface area contributed by atoms with Gasteiger partial charge in [0.2, 0.25) is 5.91 Å². The van der Waals surface area contributed by atoms with Gasteiger partial charge in [-0.2, -0.15) is 0 Å². The highest BCUT2D eigenvalue weighted by Gasteiger charge is 2.45. The number of nitrogens with zero attached hydrogens (tertiary/aromatic N) is 3. The quantitative estimate of drug-likeness (QED) is 0.764. The summed E-state index contributed by atoms with van der Waals surface area (Å²) >= 11 is 0. The summed E-state index contributed by atoms with van der Waals surface area (Å²) in [6, 6.07) is 0. The van der Waals surface area contributed by atoms with Crippen LogP contribution in [0.3, 0.4) is 0 Å². The molecule has 2 fully saturated rings. The number of hydrogen-bond acceptors (Lipinski definition) is 5. The van der Waals surface area contributed by atoms with Crippen LogP contribution in [-0.2, 0) is 11.2 Å². The summed E-state index contributed by atoms with van der Waals surface area (Å²) in [5.41, 5.74) is 1.65. The standard InChI is InChI=1S/C17H23N5O2/c1-2-11-8-18-14-13(11)15(21-10-20-14)22-5-3-17(4-6-22)7-12(23)9-19-16(17)24/h8,10,12,23H,2-7,9H2,1H3,(H,19,24)(H,18,20,21). The van der Waals surface area contributed by atoms with Crippen LogP contribution in [0.5, 0.6) is 0 Å². The third kappa shape index (κ3) is 2.34. The monoisotopic (exact) mass is 329 g/mol. The van der Waals surface area contributed by atoms with Gasteiger partial charge in [0.25, 0.3) is 0 Å². The first-order chi connectivity index (χ1) is 11.6. The Labute approximate surface area is 140 Å². The zero-order valence-corrected chi connectivity index (χ0v) is 13.9. The number of aliphatic hydroxyl groups is 1. The second-order valence-electron chi connectivity index (χ2n) is 6.92. The number of carbonyl (C=O) groups is 1. The number of aromatic amines is 1. The maximum atomic E-state index is 12.4. The van der Waals surface area contributed by atoms with Gasteiger partial charge in [0, 0.05) is 25.8 Å². The highest BCUT2D eigenvalue weighted by atomic mass is 16.3. The number of H-pyrrole nitrogens is 1. The Bertz CT molecular complexity index is 763. The molecule has 1 atom stereocenters. The van der Waals surface area contributed by atoms with E-state index in [4.69, 9.17) is 0 Å². The molecule has 128 valence electrons. The van der Waals surface area contributed by atoms with Crippen molar-refractivity contribution in [3.63, 3.8) is 0 Å². The number of aryl methyl sites for hydroxylation is 1. The lowest BCUT2D eigenvalue weighted by atomic mass is 9.71. The van der Waals surface area contributed by atoms with E-state index >= 15 is 0 Å². The first kappa shape index (κ1) is 15.4. The normalized spacial score (nSPS) is 23.7. The molecule has 3 N–H and O–H groups in total. The molecule has 1 amide bonds. The average molecular weight is 329 g/mol. The summed E-state index contributed by atoms with van der Waals surface area (Å²) in [6.07, 6.45) is 6.13. The smallest absolute Gasteiger partial charge is 0.226 e. The van der Waals surface area contributed by atoms with Gasteiger partial charge in [0.05, 0.1) is 16.9 Å². The summed E-state index contributed by atoms with van der Waals surface area (Å²) in [4.78, 5) is 26.7. The van der Waals surface area contributed by atoms with E-state index < -0.39 is 11.5 Å². The lowest BCUT2D eigenvalue weighted by Gasteiger charge is -2.44. The van der Waals surface area contributed by atoms with Crippen molar-refractivity contribution in [1.29, 1.82) is 0 Å². The van der Waals surface area contributed by atoms with Gasteiger partial charge in [-0.1, -0.05) is 6.92 Å². The topological polar surface area (TPSA) is 94.1 Å². The van der Waals surface area contributed by atoms with Crippen LogP contribution in [0.1, 0.15) is 31.7 Å². The van der Waals surface area contributed by atoms with Gasteiger partial charge in [-0.15, -0.1) is 0 Å². The highest BCUT2D eigenvalue weighted by Crippen LogP contribution is 2.40. The van der Waals surface area contributed by atoms with Crippen LogP contribution >= 0.6 is 0 Å². The van der Waals surface area contributed by atoms with Crippen molar-refractivity contribution in [3.8, 4) is 0 Å². The van der Waals surface area contributed by atoms with Crippen molar-refractivity contribution in [1.82, 2.24) is 20.3 Å². The van der Waals surface area contributed by atoms with Crippen LogP contribution in [0.4, 0.5) is 5.82 Å². The molecule has 2 aliphatic heterocycles.